The highest BCUT2D eigenvalue weighted by Crippen LogP contribution is 1.40. The molecule has 0 bridgehead atoms. The van der Waals surface area contributed by atoms with Crippen molar-refractivity contribution in [1.82, 2.24) is 0 Å². The molecule has 0 aliphatic heterocycles. The van der Waals surface area contributed by atoms with E-state index in [1.165, 1.54) is 0 Å². The van der Waals surface area contributed by atoms with Crippen LogP contribution in [0.4, 0.5) is 0 Å². The third-order valence-electron chi connectivity index (χ3n) is 0.111. The van der Waals surface area contributed by atoms with Crippen LogP contribution in [0.2, 0.25) is 0 Å². The van der Waals surface area contributed by atoms with Crippen molar-refractivity contribution in [3.8, 4) is 0 Å². The number of rotatable bonds is 2. The summed E-state index contributed by atoms with van der Waals surface area (Å²) in [6, 6.07) is 0. The predicted octanol–water partition coefficient (Wildman–Crippen LogP) is 0.978. The van der Waals surface area contributed by atoms with Gasteiger partial charge in [0.2, 0.25) is 0 Å². The van der Waals surface area contributed by atoms with Crippen LogP contribution >= 0.6 is 0 Å². The van der Waals surface area contributed by atoms with Gasteiger partial charge in [-0.05, 0) is 0 Å². The SMILES string of the molecule is C.CC.O=COC=O. The van der Waals surface area contributed by atoms with Crippen LogP contribution in [0.15, 0.2) is 0 Å². The fraction of sp³-hybridized carbons (Fsp3) is 0.600. The monoisotopic (exact) mass is 120 g/mol. The van der Waals surface area contributed by atoms with Crippen molar-refractivity contribution in [2.45, 2.75) is 21.3 Å². The van der Waals surface area contributed by atoms with E-state index in [0.717, 1.165) is 0 Å². The molecule has 0 aromatic carbocycles. The fourth-order valence-electron chi connectivity index (χ4n) is 0.0227. The van der Waals surface area contributed by atoms with Crippen molar-refractivity contribution in [3.63, 3.8) is 0 Å². The Bertz CT molecular complexity index is 36.9. The van der Waals surface area contributed by atoms with E-state index in [2.05, 4.69) is 4.74 Å². The molecule has 3 heteroatoms. The van der Waals surface area contributed by atoms with Crippen molar-refractivity contribution in [2.75, 3.05) is 0 Å². The quantitative estimate of drug-likeness (QED) is 0.403. The molecule has 0 aliphatic rings. The third kappa shape index (κ3) is 67.8. The summed E-state index contributed by atoms with van der Waals surface area (Å²) in [6.07, 6.45) is 0. The summed E-state index contributed by atoms with van der Waals surface area (Å²) in [5.74, 6) is 0. The summed E-state index contributed by atoms with van der Waals surface area (Å²) in [4.78, 5) is 17.9. The Labute approximate surface area is 49.6 Å². The molecule has 0 heterocycles. The lowest BCUT2D eigenvalue weighted by Gasteiger charge is -1.65. The number of carbonyl (C=O) groups is 2. The predicted molar refractivity (Wildman–Crippen MR) is 31.3 cm³/mol. The zero-order valence-electron chi connectivity index (χ0n) is 4.38. The maximum absolute atomic E-state index is 8.95. The topological polar surface area (TPSA) is 43.4 Å². The molecule has 0 aromatic heterocycles. The summed E-state index contributed by atoms with van der Waals surface area (Å²) < 4.78 is 3.47. The molecule has 0 atom stereocenters. The van der Waals surface area contributed by atoms with Crippen molar-refractivity contribution in [2.24, 2.45) is 0 Å². The van der Waals surface area contributed by atoms with Gasteiger partial charge in [-0.3, -0.25) is 9.59 Å². The smallest absolute Gasteiger partial charge is 0.300 e. The molecule has 50 valence electrons. The minimum Gasteiger partial charge on any atom is -0.398 e. The van der Waals surface area contributed by atoms with Crippen LogP contribution in [-0.2, 0) is 14.3 Å². The molecular weight excluding hydrogens is 108 g/mol. The highest BCUT2D eigenvalue weighted by Gasteiger charge is 1.58. The largest absolute Gasteiger partial charge is 0.398 e. The van der Waals surface area contributed by atoms with Crippen molar-refractivity contribution >= 4 is 12.9 Å². The van der Waals surface area contributed by atoms with Gasteiger partial charge in [0, 0.05) is 0 Å². The standard InChI is InChI=1S/C2H2O3.C2H6.CH4/c3-1-5-2-4;1-2;/h1-2H;1-2H3;1H4. The molecule has 0 N–H and O–H groups in total. The number of carbonyl (C=O) groups excluding carboxylic acids is 2. The Hall–Kier alpha value is -0.860. The first kappa shape index (κ1) is 15.7. The molecule has 0 saturated carbocycles. The van der Waals surface area contributed by atoms with Crippen LogP contribution < -0.4 is 0 Å². The van der Waals surface area contributed by atoms with Gasteiger partial charge < -0.3 is 4.74 Å². The van der Waals surface area contributed by atoms with Gasteiger partial charge in [-0.15, -0.1) is 0 Å². The van der Waals surface area contributed by atoms with Gasteiger partial charge in [0.05, 0.1) is 0 Å². The van der Waals surface area contributed by atoms with Gasteiger partial charge in [0.15, 0.2) is 0 Å². The molecule has 0 fully saturated rings. The van der Waals surface area contributed by atoms with E-state index in [0.29, 0.717) is 0 Å². The highest BCUT2D eigenvalue weighted by molar-refractivity contribution is 5.55. The molecule has 0 saturated heterocycles. The Morgan fingerprint density at radius 1 is 1.12 bits per heavy atom. The van der Waals surface area contributed by atoms with E-state index < -0.39 is 0 Å². The minimum atomic E-state index is 0. The minimum absolute atomic E-state index is 0. The van der Waals surface area contributed by atoms with E-state index in [1.54, 1.807) is 0 Å². The lowest BCUT2D eigenvalue weighted by Crippen LogP contribution is -1.77. The third-order valence-corrected chi connectivity index (χ3v) is 0.111. The van der Waals surface area contributed by atoms with E-state index in [9.17, 15) is 0 Å². The van der Waals surface area contributed by atoms with Crippen molar-refractivity contribution < 1.29 is 14.3 Å². The Morgan fingerprint density at radius 2 is 1.38 bits per heavy atom. The van der Waals surface area contributed by atoms with Gasteiger partial charge in [-0.2, -0.15) is 0 Å². The van der Waals surface area contributed by atoms with Gasteiger partial charge in [-0.25, -0.2) is 0 Å². The lowest BCUT2D eigenvalue weighted by atomic mass is 11.0. The number of hydrogen-bond donors (Lipinski definition) is 0. The van der Waals surface area contributed by atoms with Crippen LogP contribution in [-0.4, -0.2) is 12.9 Å². The zero-order chi connectivity index (χ0) is 6.12. The van der Waals surface area contributed by atoms with Gasteiger partial charge in [-0.1, -0.05) is 21.3 Å². The van der Waals surface area contributed by atoms with Crippen LogP contribution in [0, 0.1) is 0 Å². The molecular formula is C5H12O3. The zero-order valence-corrected chi connectivity index (χ0v) is 4.38. The van der Waals surface area contributed by atoms with E-state index >= 15 is 0 Å². The average Bonchev–Trinajstić information content (AvgIpc) is 1.75. The lowest BCUT2D eigenvalue weighted by molar-refractivity contribution is -0.141. The summed E-state index contributed by atoms with van der Waals surface area (Å²) in [7, 11) is 0. The summed E-state index contributed by atoms with van der Waals surface area (Å²) in [6.45, 7) is 4.12. The molecule has 8 heavy (non-hydrogen) atoms. The summed E-state index contributed by atoms with van der Waals surface area (Å²) in [5.41, 5.74) is 0. The van der Waals surface area contributed by atoms with E-state index in [1.807, 2.05) is 13.8 Å². The van der Waals surface area contributed by atoms with Crippen LogP contribution in [0.3, 0.4) is 0 Å². The maximum atomic E-state index is 8.95. The van der Waals surface area contributed by atoms with E-state index in [-0.39, 0.29) is 20.4 Å². The molecule has 0 amide bonds. The first-order valence-electron chi connectivity index (χ1n) is 1.94. The van der Waals surface area contributed by atoms with Crippen LogP contribution in [0.25, 0.3) is 0 Å². The van der Waals surface area contributed by atoms with Crippen molar-refractivity contribution in [3.05, 3.63) is 0 Å². The molecule has 0 aromatic rings. The van der Waals surface area contributed by atoms with Crippen LogP contribution in [0.5, 0.6) is 0 Å². The first-order chi connectivity index (χ1) is 3.41. The average molecular weight is 120 g/mol. The first-order valence-corrected chi connectivity index (χ1v) is 1.94. The van der Waals surface area contributed by atoms with Gasteiger partial charge in [0.25, 0.3) is 0 Å². The maximum Gasteiger partial charge on any atom is 0.300 e. The van der Waals surface area contributed by atoms with Gasteiger partial charge >= 0.3 is 12.9 Å². The molecule has 0 spiro atoms. The van der Waals surface area contributed by atoms with Gasteiger partial charge in [0.1, 0.15) is 0 Å². The molecule has 0 rings (SSSR count). The molecule has 0 radical (unpaired) electrons. The molecule has 0 aliphatic carbocycles. The normalized spacial score (nSPS) is 4.25. The van der Waals surface area contributed by atoms with Crippen molar-refractivity contribution in [1.29, 1.82) is 0 Å². The number of ether oxygens (including phenoxy) is 1. The second kappa shape index (κ2) is 35.4. The van der Waals surface area contributed by atoms with Crippen LogP contribution in [0.1, 0.15) is 21.3 Å². The van der Waals surface area contributed by atoms with E-state index in [4.69, 9.17) is 9.59 Å². The Kier molecular flexibility index (Phi) is 69.5. The highest BCUT2D eigenvalue weighted by atomic mass is 16.6. The summed E-state index contributed by atoms with van der Waals surface area (Å²) >= 11 is 0. The second-order valence-corrected chi connectivity index (χ2v) is 0.329. The fourth-order valence-corrected chi connectivity index (χ4v) is 0.0227. The Morgan fingerprint density at radius 3 is 1.38 bits per heavy atom. The molecule has 0 unspecified atom stereocenters. The second-order valence-electron chi connectivity index (χ2n) is 0.329. The Balaban J connectivity index is -0.0000000750. The molecule has 3 nitrogen and oxygen atoms in total. The number of hydrogen-bond acceptors (Lipinski definition) is 3. The summed E-state index contributed by atoms with van der Waals surface area (Å²) in [5, 5.41) is 0.